The molecule has 0 spiro atoms. The van der Waals surface area contributed by atoms with Gasteiger partial charge in [0.25, 0.3) is 0 Å². The molecule has 11 rings (SSSR count). The van der Waals surface area contributed by atoms with E-state index in [1.807, 2.05) is 79.0 Å². The van der Waals surface area contributed by atoms with Crippen LogP contribution in [0.2, 0.25) is 0 Å². The van der Waals surface area contributed by atoms with Crippen molar-refractivity contribution in [2.45, 2.75) is 98.8 Å². The Kier molecular flexibility index (Phi) is 11.6. The molecule has 0 N–H and O–H groups in total. The van der Waals surface area contributed by atoms with E-state index in [1.54, 1.807) is 6.07 Å². The van der Waals surface area contributed by atoms with Gasteiger partial charge >= 0.3 is 0 Å². The van der Waals surface area contributed by atoms with Crippen LogP contribution in [0.15, 0.2) is 148 Å². The monoisotopic (exact) mass is 1090 g/mol. The summed E-state index contributed by atoms with van der Waals surface area (Å²) in [7, 11) is 0. The Balaban J connectivity index is 0.000000321. The van der Waals surface area contributed by atoms with Gasteiger partial charge in [0.1, 0.15) is 11.1 Å². The number of rotatable bonds is 6. The van der Waals surface area contributed by atoms with Crippen LogP contribution in [0.4, 0.5) is 0 Å². The molecule has 4 aromatic heterocycles. The second-order valence-electron chi connectivity index (χ2n) is 20.5. The minimum atomic E-state index is -2.42. The standard InChI is InChI=1S/C47H42N3O2.C15H16N.Ir/c1-26(2)33-23-31(29-14-10-9-11-15-29)24-34(27(3)4)42(33)50-39-17-13-12-16-37(39)48-45(50)32-20-18-28(5)41-36-22-30-19-21-38-43(52-46(49-38)47(6,7)8)35(30)25-40(36)51-44(32)41;1-15(2,3)13-9-10-16-14(11-13)12-7-5-4-6-8-12;/h9-19,21-27H,1-8H3;4-7,9-11H,1-3H3;/q2*-1;/i5D3;;. The molecule has 0 amide bonds. The summed E-state index contributed by atoms with van der Waals surface area (Å²) in [6.45, 7) is 19.3. The molecular weight excluding hydrogens is 1020 g/mol. The molecule has 0 bridgehead atoms. The van der Waals surface area contributed by atoms with Gasteiger partial charge in [0.15, 0.2) is 5.58 Å². The van der Waals surface area contributed by atoms with Gasteiger partial charge in [-0.15, -0.1) is 53.6 Å². The van der Waals surface area contributed by atoms with Crippen LogP contribution in [0, 0.1) is 19.0 Å². The van der Waals surface area contributed by atoms with E-state index in [4.69, 9.17) is 22.9 Å². The van der Waals surface area contributed by atoms with Crippen LogP contribution in [0.3, 0.4) is 0 Å². The van der Waals surface area contributed by atoms with Gasteiger partial charge in [-0.2, -0.15) is 0 Å². The molecule has 0 aliphatic heterocycles. The minimum absolute atomic E-state index is 0. The summed E-state index contributed by atoms with van der Waals surface area (Å²) in [5.74, 6) is 1.64. The first-order valence-electron chi connectivity index (χ1n) is 25.1. The molecule has 1 radical (unpaired) electrons. The fraction of sp³-hybridized carbons (Fsp3) is 0.242. The third-order valence-corrected chi connectivity index (χ3v) is 12.8. The Morgan fingerprint density at radius 1 is 0.652 bits per heavy atom. The van der Waals surface area contributed by atoms with Gasteiger partial charge in [0, 0.05) is 52.3 Å². The third-order valence-electron chi connectivity index (χ3n) is 12.8. The van der Waals surface area contributed by atoms with Crippen molar-refractivity contribution in [3.05, 3.63) is 180 Å². The Morgan fingerprint density at radius 2 is 1.38 bits per heavy atom. The molecule has 0 aliphatic carbocycles. The molecule has 0 fully saturated rings. The molecule has 69 heavy (non-hydrogen) atoms. The van der Waals surface area contributed by atoms with E-state index in [0.29, 0.717) is 44.8 Å². The number of para-hydroxylation sites is 2. The number of imidazole rings is 1. The van der Waals surface area contributed by atoms with Crippen molar-refractivity contribution in [2.75, 3.05) is 0 Å². The molecule has 0 saturated carbocycles. The summed E-state index contributed by atoms with van der Waals surface area (Å²) < 4.78 is 41.3. The largest absolute Gasteiger partial charge is 0.501 e. The first-order chi connectivity index (χ1) is 33.8. The molecule has 0 aliphatic rings. The Morgan fingerprint density at radius 3 is 2.06 bits per heavy atom. The number of aromatic nitrogens is 4. The fourth-order valence-electron chi connectivity index (χ4n) is 9.15. The van der Waals surface area contributed by atoms with Crippen LogP contribution in [0.25, 0.3) is 94.3 Å². The molecule has 0 unspecified atom stereocenters. The first-order valence-corrected chi connectivity index (χ1v) is 23.6. The summed E-state index contributed by atoms with van der Waals surface area (Å²) >= 11 is 0. The number of oxazole rings is 1. The van der Waals surface area contributed by atoms with Gasteiger partial charge in [0.05, 0.1) is 22.4 Å². The number of pyridine rings is 1. The van der Waals surface area contributed by atoms with Crippen LogP contribution in [0.5, 0.6) is 0 Å². The van der Waals surface area contributed by atoms with E-state index in [1.165, 1.54) is 22.3 Å². The zero-order valence-electron chi connectivity index (χ0n) is 43.9. The second-order valence-corrected chi connectivity index (χ2v) is 20.5. The second kappa shape index (κ2) is 18.3. The summed E-state index contributed by atoms with van der Waals surface area (Å²) in [6, 6.07) is 51.5. The number of benzene rings is 7. The van der Waals surface area contributed by atoms with Crippen molar-refractivity contribution in [2.24, 2.45) is 0 Å². The van der Waals surface area contributed by atoms with Gasteiger partial charge in [-0.05, 0) is 105 Å². The molecule has 7 heteroatoms. The quantitative estimate of drug-likeness (QED) is 0.155. The Hall–Kier alpha value is -6.66. The number of hydrogen-bond donors (Lipinski definition) is 0. The zero-order chi connectivity index (χ0) is 50.1. The van der Waals surface area contributed by atoms with Crippen molar-refractivity contribution in [3.8, 4) is 39.5 Å². The molecule has 0 saturated heterocycles. The van der Waals surface area contributed by atoms with Crippen LogP contribution >= 0.6 is 0 Å². The average Bonchev–Trinajstić information content (AvgIpc) is 4.07. The van der Waals surface area contributed by atoms with Gasteiger partial charge in [0.2, 0.25) is 5.89 Å². The van der Waals surface area contributed by atoms with E-state index in [9.17, 15) is 0 Å². The third kappa shape index (κ3) is 8.84. The van der Waals surface area contributed by atoms with Crippen molar-refractivity contribution in [1.29, 1.82) is 0 Å². The molecule has 4 heterocycles. The average molecular weight is 1090 g/mol. The van der Waals surface area contributed by atoms with Crippen molar-refractivity contribution < 1.29 is 33.1 Å². The summed E-state index contributed by atoms with van der Waals surface area (Å²) in [6.07, 6.45) is 1.87. The predicted molar refractivity (Wildman–Crippen MR) is 282 cm³/mol. The molecular formula is C62H58IrN4O2-2. The molecule has 7 aromatic carbocycles. The maximum absolute atomic E-state index is 8.61. The maximum Gasteiger partial charge on any atom is 0.200 e. The summed E-state index contributed by atoms with van der Waals surface area (Å²) in [5.41, 5.74) is 14.0. The Bertz CT molecular complexity index is 3750. The molecule has 349 valence electrons. The Labute approximate surface area is 423 Å². The van der Waals surface area contributed by atoms with Gasteiger partial charge in [-0.25, -0.2) is 4.98 Å². The summed E-state index contributed by atoms with van der Waals surface area (Å²) in [4.78, 5) is 14.5. The van der Waals surface area contributed by atoms with Crippen molar-refractivity contribution in [3.63, 3.8) is 0 Å². The smallest absolute Gasteiger partial charge is 0.200 e. The van der Waals surface area contributed by atoms with E-state index in [-0.39, 0.29) is 48.3 Å². The topological polar surface area (TPSA) is 69.9 Å². The number of aryl methyl sites for hydroxylation is 1. The van der Waals surface area contributed by atoms with Crippen LogP contribution in [-0.4, -0.2) is 19.5 Å². The van der Waals surface area contributed by atoms with E-state index >= 15 is 0 Å². The van der Waals surface area contributed by atoms with Gasteiger partial charge in [-0.3, -0.25) is 4.98 Å². The van der Waals surface area contributed by atoms with Gasteiger partial charge < -0.3 is 18.4 Å². The summed E-state index contributed by atoms with van der Waals surface area (Å²) in [5, 5.41) is 2.99. The van der Waals surface area contributed by atoms with Crippen molar-refractivity contribution in [1.82, 2.24) is 19.5 Å². The molecule has 0 atom stereocenters. The number of nitrogens with zero attached hydrogens (tertiary/aromatic N) is 4. The van der Waals surface area contributed by atoms with E-state index in [2.05, 4.69) is 146 Å². The predicted octanol–water partition coefficient (Wildman–Crippen LogP) is 17.0. The molecule has 6 nitrogen and oxygen atoms in total. The zero-order valence-corrected chi connectivity index (χ0v) is 43.3. The SMILES string of the molecule is CC(C)(C)c1ccnc(-c2[c-]cccc2)c1.[2H]C([2H])([2H])c1c[c-]c(-c2nc3ccccc3n2-c2c(C(C)C)cc(-c3ccccc3)cc2C(C)C)c2oc3cc4c(ccc5nc(C(C)(C)C)oc54)cc3c12.[Ir]. The number of fused-ring (bicyclic) bond motifs is 7. The van der Waals surface area contributed by atoms with Crippen LogP contribution in [0.1, 0.15) is 113 Å². The fourth-order valence-corrected chi connectivity index (χ4v) is 9.15. The van der Waals surface area contributed by atoms with E-state index < -0.39 is 6.85 Å². The van der Waals surface area contributed by atoms with Crippen molar-refractivity contribution >= 4 is 54.8 Å². The normalized spacial score (nSPS) is 13.0. The number of hydrogen-bond acceptors (Lipinski definition) is 5. The first kappa shape index (κ1) is 43.6. The van der Waals surface area contributed by atoms with Gasteiger partial charge in [-0.1, -0.05) is 142 Å². The molecule has 11 aromatic rings. The minimum Gasteiger partial charge on any atom is -0.501 e. The maximum atomic E-state index is 8.61. The van der Waals surface area contributed by atoms with Crippen LogP contribution < -0.4 is 0 Å². The van der Waals surface area contributed by atoms with E-state index in [0.717, 1.165) is 49.8 Å². The van der Waals surface area contributed by atoms with Crippen LogP contribution in [-0.2, 0) is 30.9 Å². The number of furan rings is 1.